The Labute approximate surface area is 132 Å². The largest absolute Gasteiger partial charge is 0.454 e. The van der Waals surface area contributed by atoms with Crippen molar-refractivity contribution in [1.82, 2.24) is 0 Å². The molecule has 0 saturated heterocycles. The first-order chi connectivity index (χ1) is 11.3. The van der Waals surface area contributed by atoms with E-state index in [1.165, 1.54) is 0 Å². The molecule has 0 aromatic heterocycles. The van der Waals surface area contributed by atoms with Crippen molar-refractivity contribution in [2.45, 2.75) is 6.10 Å². The van der Waals surface area contributed by atoms with Crippen LogP contribution in [0.3, 0.4) is 0 Å². The van der Waals surface area contributed by atoms with Crippen LogP contribution >= 0.6 is 0 Å². The average Bonchev–Trinajstić information content (AvgIpc) is 3.17. The van der Waals surface area contributed by atoms with Crippen LogP contribution in [-0.4, -0.2) is 12.8 Å². The summed E-state index contributed by atoms with van der Waals surface area (Å²) in [5, 5.41) is 2.13. The van der Waals surface area contributed by atoms with E-state index >= 15 is 0 Å². The summed E-state index contributed by atoms with van der Waals surface area (Å²) in [7, 11) is 0. The Kier molecular flexibility index (Phi) is 2.45. The molecule has 0 N–H and O–H groups in total. The summed E-state index contributed by atoms with van der Waals surface area (Å²) >= 11 is 0. The van der Waals surface area contributed by atoms with E-state index < -0.39 is 6.10 Å². The topological polar surface area (TPSA) is 44.8 Å². The molecule has 0 bridgehead atoms. The minimum atomic E-state index is -0.406. The summed E-state index contributed by atoms with van der Waals surface area (Å²) in [5.74, 6) is 1.12. The SMILES string of the molecule is O=C1O[C@H](c2ccc3c(c2)OCO3)c2cc3ccccc3cc21. The minimum absolute atomic E-state index is 0.227. The second kappa shape index (κ2) is 4.49. The molecule has 5 rings (SSSR count). The Hall–Kier alpha value is -3.01. The molecule has 0 radical (unpaired) electrons. The van der Waals surface area contributed by atoms with Gasteiger partial charge in [-0.2, -0.15) is 0 Å². The smallest absolute Gasteiger partial charge is 0.339 e. The lowest BCUT2D eigenvalue weighted by molar-refractivity contribution is 0.0455. The summed E-state index contributed by atoms with van der Waals surface area (Å²) in [6.07, 6.45) is -0.406. The predicted octanol–water partition coefficient (Wildman–Crippen LogP) is 3.83. The third-order valence-corrected chi connectivity index (χ3v) is 4.34. The Balaban J connectivity index is 1.67. The average molecular weight is 304 g/mol. The van der Waals surface area contributed by atoms with Crippen molar-refractivity contribution in [2.24, 2.45) is 0 Å². The maximum Gasteiger partial charge on any atom is 0.339 e. The number of cyclic esters (lactones) is 1. The molecule has 0 unspecified atom stereocenters. The highest BCUT2D eigenvalue weighted by Crippen LogP contribution is 2.41. The maximum absolute atomic E-state index is 12.2. The first-order valence-electron chi connectivity index (χ1n) is 7.43. The molecule has 3 aromatic carbocycles. The number of carbonyl (C=O) groups excluding carboxylic acids is 1. The molecule has 0 amide bonds. The number of hydrogen-bond donors (Lipinski definition) is 0. The van der Waals surface area contributed by atoms with Crippen LogP contribution in [0.2, 0.25) is 0 Å². The van der Waals surface area contributed by atoms with Crippen LogP contribution in [-0.2, 0) is 4.74 Å². The fraction of sp³-hybridized carbons (Fsp3) is 0.105. The van der Waals surface area contributed by atoms with Crippen molar-refractivity contribution in [3.05, 3.63) is 71.3 Å². The molecular weight excluding hydrogens is 292 g/mol. The van der Waals surface area contributed by atoms with Gasteiger partial charge in [-0.05, 0) is 35.0 Å². The molecule has 0 saturated carbocycles. The first kappa shape index (κ1) is 12.5. The predicted molar refractivity (Wildman–Crippen MR) is 83.8 cm³/mol. The van der Waals surface area contributed by atoms with Crippen LogP contribution in [0.1, 0.15) is 27.6 Å². The molecule has 0 spiro atoms. The second-order valence-corrected chi connectivity index (χ2v) is 5.68. The van der Waals surface area contributed by atoms with Crippen LogP contribution in [0.15, 0.2) is 54.6 Å². The Morgan fingerprint density at radius 3 is 2.52 bits per heavy atom. The van der Waals surface area contributed by atoms with E-state index in [1.54, 1.807) is 0 Å². The van der Waals surface area contributed by atoms with Crippen molar-refractivity contribution >= 4 is 16.7 Å². The van der Waals surface area contributed by atoms with Gasteiger partial charge in [0.1, 0.15) is 0 Å². The molecule has 3 aromatic rings. The van der Waals surface area contributed by atoms with Crippen LogP contribution < -0.4 is 9.47 Å². The van der Waals surface area contributed by atoms with E-state index in [9.17, 15) is 4.79 Å². The quantitative estimate of drug-likeness (QED) is 0.641. The fourth-order valence-electron chi connectivity index (χ4n) is 3.21. The van der Waals surface area contributed by atoms with Gasteiger partial charge in [-0.3, -0.25) is 0 Å². The van der Waals surface area contributed by atoms with Crippen molar-refractivity contribution < 1.29 is 19.0 Å². The molecule has 2 aliphatic rings. The number of rotatable bonds is 1. The molecule has 2 aliphatic heterocycles. The molecule has 23 heavy (non-hydrogen) atoms. The highest BCUT2D eigenvalue weighted by Gasteiger charge is 2.33. The van der Waals surface area contributed by atoms with Crippen molar-refractivity contribution in [3.63, 3.8) is 0 Å². The van der Waals surface area contributed by atoms with Gasteiger partial charge in [-0.15, -0.1) is 0 Å². The monoisotopic (exact) mass is 304 g/mol. The zero-order chi connectivity index (χ0) is 15.4. The zero-order valence-corrected chi connectivity index (χ0v) is 12.1. The fourth-order valence-corrected chi connectivity index (χ4v) is 3.21. The van der Waals surface area contributed by atoms with E-state index in [4.69, 9.17) is 14.2 Å². The number of esters is 1. The van der Waals surface area contributed by atoms with Crippen molar-refractivity contribution in [3.8, 4) is 11.5 Å². The molecule has 1 atom stereocenters. The molecule has 2 heterocycles. The number of ether oxygens (including phenoxy) is 3. The minimum Gasteiger partial charge on any atom is -0.454 e. The summed E-state index contributed by atoms with van der Waals surface area (Å²) in [4.78, 5) is 12.2. The zero-order valence-electron chi connectivity index (χ0n) is 12.1. The Morgan fingerprint density at radius 1 is 0.870 bits per heavy atom. The van der Waals surface area contributed by atoms with Crippen LogP contribution in [0, 0.1) is 0 Å². The third kappa shape index (κ3) is 1.81. The van der Waals surface area contributed by atoms with Crippen molar-refractivity contribution in [1.29, 1.82) is 0 Å². The van der Waals surface area contributed by atoms with Gasteiger partial charge in [-0.1, -0.05) is 30.3 Å². The lowest BCUT2D eigenvalue weighted by atomic mass is 9.95. The van der Waals surface area contributed by atoms with Gasteiger partial charge in [0.15, 0.2) is 17.6 Å². The van der Waals surface area contributed by atoms with E-state index in [1.807, 2.05) is 54.6 Å². The van der Waals surface area contributed by atoms with Gasteiger partial charge in [0.2, 0.25) is 6.79 Å². The Bertz CT molecular complexity index is 961. The van der Waals surface area contributed by atoms with Crippen molar-refractivity contribution in [2.75, 3.05) is 6.79 Å². The molecular formula is C19H12O4. The van der Waals surface area contributed by atoms with Gasteiger partial charge >= 0.3 is 5.97 Å². The number of fused-ring (bicyclic) bond motifs is 3. The van der Waals surface area contributed by atoms with Crippen LogP contribution in [0.25, 0.3) is 10.8 Å². The lowest BCUT2D eigenvalue weighted by Crippen LogP contribution is -2.00. The summed E-state index contributed by atoms with van der Waals surface area (Å²) < 4.78 is 16.4. The maximum atomic E-state index is 12.2. The number of hydrogen-bond acceptors (Lipinski definition) is 4. The number of carbonyl (C=O) groups is 1. The summed E-state index contributed by atoms with van der Waals surface area (Å²) in [5.41, 5.74) is 2.41. The number of benzene rings is 3. The molecule has 4 nitrogen and oxygen atoms in total. The lowest BCUT2D eigenvalue weighted by Gasteiger charge is -2.12. The third-order valence-electron chi connectivity index (χ3n) is 4.34. The molecule has 112 valence electrons. The van der Waals surface area contributed by atoms with Gasteiger partial charge in [0.25, 0.3) is 0 Å². The summed E-state index contributed by atoms with van der Waals surface area (Å²) in [6.45, 7) is 0.227. The molecule has 0 fully saturated rings. The van der Waals surface area contributed by atoms with E-state index in [0.29, 0.717) is 11.3 Å². The highest BCUT2D eigenvalue weighted by atomic mass is 16.7. The van der Waals surface area contributed by atoms with Gasteiger partial charge in [-0.25, -0.2) is 4.79 Å². The first-order valence-corrected chi connectivity index (χ1v) is 7.43. The second-order valence-electron chi connectivity index (χ2n) is 5.68. The molecule has 4 heteroatoms. The van der Waals surface area contributed by atoms with E-state index in [0.717, 1.165) is 27.6 Å². The van der Waals surface area contributed by atoms with Crippen LogP contribution in [0.4, 0.5) is 0 Å². The van der Waals surface area contributed by atoms with E-state index in [-0.39, 0.29) is 12.8 Å². The van der Waals surface area contributed by atoms with E-state index in [2.05, 4.69) is 0 Å². The van der Waals surface area contributed by atoms with Crippen LogP contribution in [0.5, 0.6) is 11.5 Å². The van der Waals surface area contributed by atoms with Gasteiger partial charge in [0.05, 0.1) is 5.56 Å². The molecule has 0 aliphatic carbocycles. The van der Waals surface area contributed by atoms with Gasteiger partial charge < -0.3 is 14.2 Å². The van der Waals surface area contributed by atoms with Gasteiger partial charge in [0, 0.05) is 11.1 Å². The Morgan fingerprint density at radius 2 is 1.65 bits per heavy atom. The normalized spacial score (nSPS) is 18.1. The standard InChI is InChI=1S/C19H12O4/c20-19-15-8-12-4-2-1-3-11(12)7-14(15)18(23-19)13-5-6-16-17(9-13)22-10-21-16/h1-9,18H,10H2/t18-/m1/s1. The summed E-state index contributed by atoms with van der Waals surface area (Å²) in [6, 6.07) is 17.6. The highest BCUT2D eigenvalue weighted by molar-refractivity contribution is 6.00.